The maximum atomic E-state index is 11.3. The van der Waals surface area contributed by atoms with E-state index >= 15 is 0 Å². The van der Waals surface area contributed by atoms with Crippen molar-refractivity contribution in [1.29, 1.82) is 0 Å². The number of benzene rings is 1. The van der Waals surface area contributed by atoms with Gasteiger partial charge in [-0.2, -0.15) is 0 Å². The number of rotatable bonds is 4. The fraction of sp³-hybridized carbons (Fsp3) is 0.154. The maximum absolute atomic E-state index is 11.3. The first kappa shape index (κ1) is 14.0. The number of halogens is 2. The molecule has 0 radical (unpaired) electrons. The van der Waals surface area contributed by atoms with Crippen molar-refractivity contribution in [2.45, 2.75) is 6.54 Å². The Labute approximate surface area is 124 Å². The lowest BCUT2D eigenvalue weighted by atomic mass is 10.3. The second-order valence-electron chi connectivity index (χ2n) is 3.87. The number of aromatic amines is 1. The number of methoxy groups -OCH3 is 1. The van der Waals surface area contributed by atoms with Crippen molar-refractivity contribution < 1.29 is 9.53 Å². The minimum atomic E-state index is -0.376. The minimum absolute atomic E-state index is 0.376. The van der Waals surface area contributed by atoms with Crippen molar-refractivity contribution in [2.24, 2.45) is 0 Å². The summed E-state index contributed by atoms with van der Waals surface area (Å²) in [7, 11) is 1.35. The number of carbonyl (C=O) groups is 1. The summed E-state index contributed by atoms with van der Waals surface area (Å²) >= 11 is 9.30. The molecule has 1 heterocycles. The van der Waals surface area contributed by atoms with Crippen LogP contribution in [0.3, 0.4) is 0 Å². The zero-order chi connectivity index (χ0) is 13.8. The van der Waals surface area contributed by atoms with E-state index in [9.17, 15) is 4.79 Å². The van der Waals surface area contributed by atoms with Crippen molar-refractivity contribution in [3.8, 4) is 0 Å². The monoisotopic (exact) mass is 342 g/mol. The number of esters is 1. The molecule has 0 aliphatic rings. The van der Waals surface area contributed by atoms with Gasteiger partial charge in [-0.05, 0) is 46.3 Å². The Bertz CT molecular complexity index is 598. The molecule has 0 saturated heterocycles. The van der Waals surface area contributed by atoms with Gasteiger partial charge in [0.1, 0.15) is 5.69 Å². The summed E-state index contributed by atoms with van der Waals surface area (Å²) in [5.74, 6) is -0.376. The summed E-state index contributed by atoms with van der Waals surface area (Å²) in [6.45, 7) is 0.567. The Morgan fingerprint density at radius 2 is 2.21 bits per heavy atom. The first-order valence-electron chi connectivity index (χ1n) is 5.55. The summed E-state index contributed by atoms with van der Waals surface area (Å²) in [5.41, 5.74) is 2.26. The second-order valence-corrected chi connectivity index (χ2v) is 5.16. The van der Waals surface area contributed by atoms with Crippen LogP contribution in [0, 0.1) is 0 Å². The van der Waals surface area contributed by atoms with Gasteiger partial charge >= 0.3 is 5.97 Å². The zero-order valence-electron chi connectivity index (χ0n) is 10.2. The van der Waals surface area contributed by atoms with Gasteiger partial charge in [0.05, 0.1) is 13.7 Å². The lowest BCUT2D eigenvalue weighted by Crippen LogP contribution is -2.04. The first-order chi connectivity index (χ1) is 9.10. The third-order valence-electron chi connectivity index (χ3n) is 2.55. The Morgan fingerprint density at radius 1 is 1.42 bits per heavy atom. The van der Waals surface area contributed by atoms with Gasteiger partial charge in [0.15, 0.2) is 0 Å². The molecule has 19 heavy (non-hydrogen) atoms. The van der Waals surface area contributed by atoms with Gasteiger partial charge in [0.25, 0.3) is 0 Å². The molecule has 2 N–H and O–H groups in total. The summed E-state index contributed by atoms with van der Waals surface area (Å²) in [6.07, 6.45) is 0. The molecular weight excluding hydrogens is 332 g/mol. The van der Waals surface area contributed by atoms with E-state index in [1.54, 1.807) is 6.07 Å². The predicted molar refractivity (Wildman–Crippen MR) is 78.6 cm³/mol. The number of hydrogen-bond donors (Lipinski definition) is 2. The molecule has 0 spiro atoms. The minimum Gasteiger partial charge on any atom is -0.464 e. The number of nitrogens with one attached hydrogen (secondary N) is 2. The predicted octanol–water partition coefficient (Wildman–Crippen LogP) is 3.83. The zero-order valence-corrected chi connectivity index (χ0v) is 12.5. The number of H-pyrrole nitrogens is 1. The van der Waals surface area contributed by atoms with E-state index in [1.807, 2.05) is 24.3 Å². The van der Waals surface area contributed by atoms with Crippen molar-refractivity contribution in [2.75, 3.05) is 12.4 Å². The van der Waals surface area contributed by atoms with Crippen molar-refractivity contribution >= 4 is 39.2 Å². The van der Waals surface area contributed by atoms with E-state index in [2.05, 4.69) is 31.0 Å². The van der Waals surface area contributed by atoms with E-state index in [4.69, 9.17) is 11.6 Å². The highest BCUT2D eigenvalue weighted by Crippen LogP contribution is 2.26. The Balaban J connectivity index is 2.02. The Morgan fingerprint density at radius 3 is 2.89 bits per heavy atom. The van der Waals surface area contributed by atoms with Crippen LogP contribution in [0.5, 0.6) is 0 Å². The van der Waals surface area contributed by atoms with Gasteiger partial charge in [-0.25, -0.2) is 4.79 Å². The fourth-order valence-electron chi connectivity index (χ4n) is 1.60. The van der Waals surface area contributed by atoms with Crippen LogP contribution in [0.25, 0.3) is 0 Å². The molecule has 4 nitrogen and oxygen atoms in total. The van der Waals surface area contributed by atoms with Crippen LogP contribution in [-0.2, 0) is 11.3 Å². The highest BCUT2D eigenvalue weighted by Gasteiger charge is 2.08. The fourth-order valence-corrected chi connectivity index (χ4v) is 2.42. The summed E-state index contributed by atoms with van der Waals surface area (Å²) < 4.78 is 5.52. The molecule has 0 fully saturated rings. The molecule has 0 unspecified atom stereocenters. The Kier molecular flexibility index (Phi) is 4.50. The number of ether oxygens (including phenoxy) is 1. The van der Waals surface area contributed by atoms with Crippen molar-refractivity contribution in [3.63, 3.8) is 0 Å². The lowest BCUT2D eigenvalue weighted by molar-refractivity contribution is 0.0594. The molecule has 2 rings (SSSR count). The standard InChI is InChI=1S/C13H12BrClN2O2/c1-19-13(18)12-5-3-9(17-12)7-16-11-4-2-8(15)6-10(11)14/h2-6,16-17H,7H2,1H3. The van der Waals surface area contributed by atoms with E-state index < -0.39 is 0 Å². The molecule has 0 aliphatic heterocycles. The van der Waals surface area contributed by atoms with Crippen molar-refractivity contribution in [3.05, 3.63) is 51.2 Å². The summed E-state index contributed by atoms with van der Waals surface area (Å²) in [4.78, 5) is 14.3. The number of anilines is 1. The highest BCUT2D eigenvalue weighted by atomic mass is 79.9. The van der Waals surface area contributed by atoms with Gasteiger partial charge in [-0.3, -0.25) is 0 Å². The molecule has 6 heteroatoms. The number of hydrogen-bond acceptors (Lipinski definition) is 3. The SMILES string of the molecule is COC(=O)c1ccc(CNc2ccc(Cl)cc2Br)[nH]1. The van der Waals surface area contributed by atoms with Crippen molar-refractivity contribution in [1.82, 2.24) is 4.98 Å². The van der Waals surface area contributed by atoms with Gasteiger partial charge in [0, 0.05) is 20.9 Å². The molecule has 0 amide bonds. The molecular formula is C13H12BrClN2O2. The van der Waals surface area contributed by atoms with Gasteiger partial charge in [0.2, 0.25) is 0 Å². The van der Waals surface area contributed by atoms with Crippen LogP contribution < -0.4 is 5.32 Å². The van der Waals surface area contributed by atoms with Gasteiger partial charge in [-0.1, -0.05) is 11.6 Å². The van der Waals surface area contributed by atoms with E-state index in [-0.39, 0.29) is 5.97 Å². The molecule has 100 valence electrons. The Hall–Kier alpha value is -1.46. The molecule has 2 aromatic rings. The third-order valence-corrected chi connectivity index (χ3v) is 3.44. The lowest BCUT2D eigenvalue weighted by Gasteiger charge is -2.07. The van der Waals surface area contributed by atoms with Crippen LogP contribution >= 0.6 is 27.5 Å². The average Bonchev–Trinajstić information content (AvgIpc) is 2.85. The molecule has 0 bridgehead atoms. The van der Waals surface area contributed by atoms with Crippen LogP contribution in [0.4, 0.5) is 5.69 Å². The quantitative estimate of drug-likeness (QED) is 0.830. The second kappa shape index (κ2) is 6.12. The van der Waals surface area contributed by atoms with E-state index in [0.717, 1.165) is 15.9 Å². The van der Waals surface area contributed by atoms with Crippen LogP contribution in [0.1, 0.15) is 16.2 Å². The number of carbonyl (C=O) groups excluding carboxylic acids is 1. The maximum Gasteiger partial charge on any atom is 0.354 e. The third kappa shape index (κ3) is 3.52. The first-order valence-corrected chi connectivity index (χ1v) is 6.72. The van der Waals surface area contributed by atoms with E-state index in [1.165, 1.54) is 7.11 Å². The normalized spacial score (nSPS) is 10.3. The molecule has 1 aromatic carbocycles. The topological polar surface area (TPSA) is 54.1 Å². The van der Waals surface area contributed by atoms with Gasteiger partial charge in [-0.15, -0.1) is 0 Å². The van der Waals surface area contributed by atoms with Crippen LogP contribution in [0.15, 0.2) is 34.8 Å². The summed E-state index contributed by atoms with van der Waals surface area (Å²) in [6, 6.07) is 9.04. The number of aromatic nitrogens is 1. The average molecular weight is 344 g/mol. The summed E-state index contributed by atoms with van der Waals surface area (Å²) in [5, 5.41) is 3.91. The largest absolute Gasteiger partial charge is 0.464 e. The molecule has 0 atom stereocenters. The smallest absolute Gasteiger partial charge is 0.354 e. The molecule has 1 aromatic heterocycles. The van der Waals surface area contributed by atoms with E-state index in [0.29, 0.717) is 17.3 Å². The van der Waals surface area contributed by atoms with Gasteiger partial charge < -0.3 is 15.0 Å². The molecule has 0 aliphatic carbocycles. The van der Waals surface area contributed by atoms with Crippen LogP contribution in [-0.4, -0.2) is 18.1 Å². The van der Waals surface area contributed by atoms with Crippen LogP contribution in [0.2, 0.25) is 5.02 Å². The molecule has 0 saturated carbocycles. The highest BCUT2D eigenvalue weighted by molar-refractivity contribution is 9.10.